The van der Waals surface area contributed by atoms with Crippen LogP contribution in [-0.4, -0.2) is 31.4 Å². The van der Waals surface area contributed by atoms with E-state index in [1.165, 1.54) is 0 Å². The minimum Gasteiger partial charge on any atom is -0.390 e. The zero-order valence-electron chi connectivity index (χ0n) is 14.9. The fourth-order valence-electron chi connectivity index (χ4n) is 3.10. The summed E-state index contributed by atoms with van der Waals surface area (Å²) in [5, 5.41) is 14.8. The Hall–Kier alpha value is -3.09. The van der Waals surface area contributed by atoms with Crippen molar-refractivity contribution in [1.29, 1.82) is 0 Å². The molecule has 136 valence electrons. The number of hydrogen-bond donors (Lipinski definition) is 2. The van der Waals surface area contributed by atoms with Crippen molar-refractivity contribution in [3.63, 3.8) is 0 Å². The molecule has 0 bridgehead atoms. The predicted molar refractivity (Wildman–Crippen MR) is 105 cm³/mol. The molecule has 6 nitrogen and oxygen atoms in total. The maximum atomic E-state index is 9.34. The van der Waals surface area contributed by atoms with Gasteiger partial charge in [-0.15, -0.1) is 0 Å². The van der Waals surface area contributed by atoms with E-state index in [0.717, 1.165) is 40.7 Å². The van der Waals surface area contributed by atoms with Crippen molar-refractivity contribution in [3.05, 3.63) is 72.2 Å². The van der Waals surface area contributed by atoms with E-state index >= 15 is 0 Å². The second-order valence-corrected chi connectivity index (χ2v) is 6.38. The van der Waals surface area contributed by atoms with Crippen LogP contribution in [0.2, 0.25) is 0 Å². The van der Waals surface area contributed by atoms with Crippen LogP contribution in [0, 0.1) is 0 Å². The average molecular weight is 359 g/mol. The van der Waals surface area contributed by atoms with Crippen LogP contribution >= 0.6 is 0 Å². The van der Waals surface area contributed by atoms with Gasteiger partial charge in [-0.1, -0.05) is 24.3 Å². The molecule has 0 atom stereocenters. The highest BCUT2D eigenvalue weighted by molar-refractivity contribution is 5.84. The minimum absolute atomic E-state index is 0.0994. The molecule has 3 N–H and O–H groups in total. The molecule has 6 heteroatoms. The van der Waals surface area contributed by atoms with Gasteiger partial charge in [0.05, 0.1) is 29.7 Å². The molecule has 1 aromatic carbocycles. The van der Waals surface area contributed by atoms with Gasteiger partial charge in [-0.3, -0.25) is 4.98 Å². The molecule has 4 rings (SSSR count). The molecule has 0 saturated carbocycles. The number of fused-ring (bicyclic) bond motifs is 1. The third kappa shape index (κ3) is 3.58. The number of aliphatic hydroxyl groups excluding tert-OH is 1. The molecule has 0 amide bonds. The minimum atomic E-state index is -0.0994. The van der Waals surface area contributed by atoms with Crippen LogP contribution < -0.4 is 5.73 Å². The second-order valence-electron chi connectivity index (χ2n) is 6.38. The molecule has 3 aromatic heterocycles. The topological polar surface area (TPSA) is 89.8 Å². The van der Waals surface area contributed by atoms with Crippen molar-refractivity contribution in [2.24, 2.45) is 5.73 Å². The summed E-state index contributed by atoms with van der Waals surface area (Å²) in [4.78, 5) is 9.22. The van der Waals surface area contributed by atoms with Gasteiger partial charge in [-0.2, -0.15) is 5.10 Å². The quantitative estimate of drug-likeness (QED) is 0.552. The van der Waals surface area contributed by atoms with Crippen LogP contribution in [0.1, 0.15) is 17.8 Å². The van der Waals surface area contributed by atoms with Crippen molar-refractivity contribution in [3.8, 4) is 17.1 Å². The van der Waals surface area contributed by atoms with E-state index < -0.39 is 0 Å². The summed E-state index contributed by atoms with van der Waals surface area (Å²) in [6.07, 6.45) is 3.62. The summed E-state index contributed by atoms with van der Waals surface area (Å²) in [5.41, 5.74) is 10.2. The monoisotopic (exact) mass is 359 g/mol. The molecule has 0 saturated heterocycles. The maximum Gasteiger partial charge on any atom is 0.154 e. The zero-order valence-corrected chi connectivity index (χ0v) is 14.9. The van der Waals surface area contributed by atoms with E-state index in [1.807, 2.05) is 42.6 Å². The smallest absolute Gasteiger partial charge is 0.154 e. The van der Waals surface area contributed by atoms with Gasteiger partial charge < -0.3 is 10.8 Å². The predicted octanol–water partition coefficient (Wildman–Crippen LogP) is 2.87. The summed E-state index contributed by atoms with van der Waals surface area (Å²) >= 11 is 0. The Kier molecular flexibility index (Phi) is 4.91. The zero-order chi connectivity index (χ0) is 18.6. The van der Waals surface area contributed by atoms with Crippen LogP contribution in [0.5, 0.6) is 0 Å². The van der Waals surface area contributed by atoms with Crippen LogP contribution in [0.3, 0.4) is 0 Å². The fourth-order valence-corrected chi connectivity index (χ4v) is 3.10. The Morgan fingerprint density at radius 2 is 1.81 bits per heavy atom. The first-order chi connectivity index (χ1) is 13.3. The van der Waals surface area contributed by atoms with E-state index in [4.69, 9.17) is 10.7 Å². The lowest BCUT2D eigenvalue weighted by Gasteiger charge is -2.07. The maximum absolute atomic E-state index is 9.34. The van der Waals surface area contributed by atoms with Crippen molar-refractivity contribution in [2.45, 2.75) is 19.4 Å². The number of aryl methyl sites for hydroxylation is 1. The Labute approximate surface area is 157 Å². The highest BCUT2D eigenvalue weighted by Gasteiger charge is 2.09. The number of benzene rings is 1. The third-order valence-electron chi connectivity index (χ3n) is 4.48. The highest BCUT2D eigenvalue weighted by Crippen LogP contribution is 2.25. The first kappa shape index (κ1) is 17.3. The molecule has 0 aliphatic carbocycles. The van der Waals surface area contributed by atoms with E-state index in [0.29, 0.717) is 18.1 Å². The van der Waals surface area contributed by atoms with E-state index in [-0.39, 0.29) is 6.61 Å². The number of nitrogens with zero attached hydrogens (tertiary/aromatic N) is 4. The summed E-state index contributed by atoms with van der Waals surface area (Å²) in [6.45, 7) is 0.564. The van der Waals surface area contributed by atoms with Gasteiger partial charge in [0.15, 0.2) is 5.82 Å². The third-order valence-corrected chi connectivity index (χ3v) is 4.48. The van der Waals surface area contributed by atoms with Crippen molar-refractivity contribution in [2.75, 3.05) is 6.54 Å². The first-order valence-electron chi connectivity index (χ1n) is 9.00. The van der Waals surface area contributed by atoms with E-state index in [9.17, 15) is 5.11 Å². The van der Waals surface area contributed by atoms with E-state index in [2.05, 4.69) is 22.2 Å². The SMILES string of the molecule is NCCCc1cccc(-c2ccc3cnn(-c4cccc(CO)n4)c3c2)n1. The summed E-state index contributed by atoms with van der Waals surface area (Å²) in [6, 6.07) is 17.8. The molecule has 3 heterocycles. The molecule has 0 aliphatic heterocycles. The van der Waals surface area contributed by atoms with Gasteiger partial charge in [-0.05, 0) is 49.7 Å². The normalized spacial score (nSPS) is 11.2. The van der Waals surface area contributed by atoms with Gasteiger partial charge >= 0.3 is 0 Å². The first-order valence-corrected chi connectivity index (χ1v) is 9.00. The summed E-state index contributed by atoms with van der Waals surface area (Å²) in [5.74, 6) is 0.679. The van der Waals surface area contributed by atoms with Crippen LogP contribution in [0.4, 0.5) is 0 Å². The largest absolute Gasteiger partial charge is 0.390 e. The van der Waals surface area contributed by atoms with E-state index in [1.54, 1.807) is 10.7 Å². The van der Waals surface area contributed by atoms with Crippen LogP contribution in [-0.2, 0) is 13.0 Å². The van der Waals surface area contributed by atoms with Crippen molar-refractivity contribution < 1.29 is 5.11 Å². The van der Waals surface area contributed by atoms with Crippen LogP contribution in [0.15, 0.2) is 60.8 Å². The van der Waals surface area contributed by atoms with Gasteiger partial charge in [-0.25, -0.2) is 9.67 Å². The molecule has 0 spiro atoms. The molecule has 0 aliphatic rings. The van der Waals surface area contributed by atoms with Gasteiger partial charge in [0.1, 0.15) is 0 Å². The Balaban J connectivity index is 1.76. The lowest BCUT2D eigenvalue weighted by molar-refractivity contribution is 0.276. The number of rotatable bonds is 6. The summed E-state index contributed by atoms with van der Waals surface area (Å²) in [7, 11) is 0. The Morgan fingerprint density at radius 1 is 0.963 bits per heavy atom. The molecule has 4 aromatic rings. The number of aliphatic hydroxyl groups is 1. The number of pyridine rings is 2. The lowest BCUT2D eigenvalue weighted by atomic mass is 10.1. The molecular weight excluding hydrogens is 338 g/mol. The standard InChI is InChI=1S/C21H21N5O/c22-11-3-6-17-4-1-7-19(24-17)15-9-10-16-13-23-26(20(16)12-15)21-8-2-5-18(14-27)25-21/h1-2,4-5,7-10,12-13,27H,3,6,11,14,22H2. The number of aromatic nitrogens is 4. The molecule has 0 fully saturated rings. The molecule has 27 heavy (non-hydrogen) atoms. The molecular formula is C21H21N5O. The highest BCUT2D eigenvalue weighted by atomic mass is 16.3. The van der Waals surface area contributed by atoms with Gasteiger partial charge in [0.25, 0.3) is 0 Å². The summed E-state index contributed by atoms with van der Waals surface area (Å²) < 4.78 is 1.79. The number of hydrogen-bond acceptors (Lipinski definition) is 5. The Bertz CT molecular complexity index is 1070. The van der Waals surface area contributed by atoms with Crippen molar-refractivity contribution in [1.82, 2.24) is 19.7 Å². The number of nitrogens with two attached hydrogens (primary N) is 1. The Morgan fingerprint density at radius 3 is 2.67 bits per heavy atom. The second kappa shape index (κ2) is 7.65. The van der Waals surface area contributed by atoms with Gasteiger partial charge in [0, 0.05) is 16.6 Å². The van der Waals surface area contributed by atoms with Gasteiger partial charge in [0.2, 0.25) is 0 Å². The molecule has 0 radical (unpaired) electrons. The lowest BCUT2D eigenvalue weighted by Crippen LogP contribution is -2.02. The fraction of sp³-hybridized carbons (Fsp3) is 0.190. The van der Waals surface area contributed by atoms with Crippen molar-refractivity contribution >= 4 is 10.9 Å². The molecule has 0 unspecified atom stereocenters. The van der Waals surface area contributed by atoms with Crippen LogP contribution in [0.25, 0.3) is 28.0 Å². The average Bonchev–Trinajstić information content (AvgIpc) is 3.16.